The van der Waals surface area contributed by atoms with E-state index in [1.165, 1.54) is 48.5 Å². The van der Waals surface area contributed by atoms with E-state index < -0.39 is 22.1 Å². The van der Waals surface area contributed by atoms with Crippen molar-refractivity contribution in [1.29, 1.82) is 0 Å². The van der Waals surface area contributed by atoms with Gasteiger partial charge in [0.25, 0.3) is 11.4 Å². The van der Waals surface area contributed by atoms with E-state index in [1.54, 1.807) is 0 Å². The predicted octanol–water partition coefficient (Wildman–Crippen LogP) is 2.74. The van der Waals surface area contributed by atoms with Crippen LogP contribution in [-0.2, 0) is 9.47 Å². The van der Waals surface area contributed by atoms with E-state index in [0.29, 0.717) is 18.1 Å². The van der Waals surface area contributed by atoms with Gasteiger partial charge >= 0.3 is 0 Å². The Balaban J connectivity index is 1.78. The number of nitrogens with zero attached hydrogens (tertiary/aromatic N) is 2. The Morgan fingerprint density at radius 2 is 1.29 bits per heavy atom. The highest BCUT2D eigenvalue weighted by Gasteiger charge is 2.15. The quantitative estimate of drug-likeness (QED) is 0.349. The van der Waals surface area contributed by atoms with Crippen molar-refractivity contribution in [3.8, 4) is 11.5 Å². The summed E-state index contributed by atoms with van der Waals surface area (Å²) in [4.78, 5) is 20.3. The molecular formula is C20H24N2O9. The molecule has 0 amide bonds. The predicted molar refractivity (Wildman–Crippen MR) is 109 cm³/mol. The first kappa shape index (κ1) is 24.0. The molecule has 11 heteroatoms. The van der Waals surface area contributed by atoms with Crippen molar-refractivity contribution in [3.05, 3.63) is 68.8 Å². The average Bonchev–Trinajstić information content (AvgIpc) is 2.77. The van der Waals surface area contributed by atoms with Crippen LogP contribution in [-0.4, -0.2) is 60.2 Å². The molecule has 0 bridgehead atoms. The Hall–Kier alpha value is -3.28. The molecule has 2 aromatic rings. The molecule has 0 aromatic heterocycles. The highest BCUT2D eigenvalue weighted by Crippen LogP contribution is 2.18. The number of hydrogen-bond donors (Lipinski definition) is 1. The number of non-ortho nitro benzene ring substituents is 2. The summed E-state index contributed by atoms with van der Waals surface area (Å²) in [7, 11) is 0. The van der Waals surface area contributed by atoms with Gasteiger partial charge in [-0.2, -0.15) is 0 Å². The van der Waals surface area contributed by atoms with Gasteiger partial charge in [0.15, 0.2) is 0 Å². The van der Waals surface area contributed by atoms with Gasteiger partial charge in [0.05, 0.1) is 23.1 Å². The molecule has 2 unspecified atom stereocenters. The van der Waals surface area contributed by atoms with Gasteiger partial charge in [-0.1, -0.05) is 0 Å². The lowest BCUT2D eigenvalue weighted by Gasteiger charge is -2.20. The maximum atomic E-state index is 10.7. The van der Waals surface area contributed by atoms with E-state index in [1.807, 2.05) is 6.92 Å². The van der Waals surface area contributed by atoms with Crippen molar-refractivity contribution in [2.24, 2.45) is 0 Å². The molecule has 0 saturated heterocycles. The average molecular weight is 436 g/mol. The van der Waals surface area contributed by atoms with Crippen molar-refractivity contribution >= 4 is 11.4 Å². The first-order valence-electron chi connectivity index (χ1n) is 9.51. The van der Waals surface area contributed by atoms with E-state index in [4.69, 9.17) is 18.9 Å². The molecule has 31 heavy (non-hydrogen) atoms. The second-order valence-corrected chi connectivity index (χ2v) is 6.39. The third-order valence-electron chi connectivity index (χ3n) is 4.01. The molecule has 0 radical (unpaired) electrons. The minimum atomic E-state index is -0.946. The van der Waals surface area contributed by atoms with Crippen LogP contribution in [0.4, 0.5) is 11.4 Å². The van der Waals surface area contributed by atoms with Crippen LogP contribution >= 0.6 is 0 Å². The highest BCUT2D eigenvalue weighted by molar-refractivity contribution is 5.36. The van der Waals surface area contributed by atoms with Crippen LogP contribution in [0.2, 0.25) is 0 Å². The lowest BCUT2D eigenvalue weighted by atomic mass is 10.3. The van der Waals surface area contributed by atoms with Crippen LogP contribution in [0.25, 0.3) is 0 Å². The van der Waals surface area contributed by atoms with E-state index in [2.05, 4.69) is 0 Å². The second kappa shape index (κ2) is 12.4. The molecule has 11 nitrogen and oxygen atoms in total. The standard InChI is InChI=1S/C20H24N2O9/c1-2-28-13-20(14-31-19-9-5-16(6-10-19)22(26)27)30-12-17(23)11-29-18-7-3-15(4-8-18)21(24)25/h3-10,17,20,23H,2,11-14H2,1H3. The van der Waals surface area contributed by atoms with Gasteiger partial charge in [-0.15, -0.1) is 0 Å². The van der Waals surface area contributed by atoms with Crippen LogP contribution in [0.3, 0.4) is 0 Å². The van der Waals surface area contributed by atoms with Crippen LogP contribution < -0.4 is 9.47 Å². The fraction of sp³-hybridized carbons (Fsp3) is 0.400. The summed E-state index contributed by atoms with van der Waals surface area (Å²) >= 11 is 0. The smallest absolute Gasteiger partial charge is 0.269 e. The monoisotopic (exact) mass is 436 g/mol. The van der Waals surface area contributed by atoms with Gasteiger partial charge < -0.3 is 24.1 Å². The van der Waals surface area contributed by atoms with Crippen LogP contribution in [0.15, 0.2) is 48.5 Å². The van der Waals surface area contributed by atoms with Crippen molar-refractivity contribution in [2.75, 3.05) is 33.0 Å². The van der Waals surface area contributed by atoms with Crippen LogP contribution in [0, 0.1) is 20.2 Å². The third-order valence-corrected chi connectivity index (χ3v) is 4.01. The fourth-order valence-electron chi connectivity index (χ4n) is 2.40. The lowest BCUT2D eigenvalue weighted by Crippen LogP contribution is -2.32. The summed E-state index contributed by atoms with van der Waals surface area (Å²) < 4.78 is 22.0. The Morgan fingerprint density at radius 3 is 1.74 bits per heavy atom. The Bertz CT molecular complexity index is 828. The number of nitro groups is 2. The Morgan fingerprint density at radius 1 is 0.806 bits per heavy atom. The zero-order valence-corrected chi connectivity index (χ0v) is 16.9. The largest absolute Gasteiger partial charge is 0.491 e. The lowest BCUT2D eigenvalue weighted by molar-refractivity contribution is -0.385. The summed E-state index contributed by atoms with van der Waals surface area (Å²) in [6.45, 7) is 2.55. The van der Waals surface area contributed by atoms with Crippen LogP contribution in [0.1, 0.15) is 6.92 Å². The maximum Gasteiger partial charge on any atom is 0.269 e. The molecule has 0 aliphatic heterocycles. The van der Waals surface area contributed by atoms with Crippen molar-refractivity contribution < 1.29 is 33.9 Å². The van der Waals surface area contributed by atoms with E-state index in [0.717, 1.165) is 0 Å². The number of aliphatic hydroxyl groups is 1. The first-order chi connectivity index (χ1) is 14.9. The number of nitro benzene ring substituents is 2. The highest BCUT2D eigenvalue weighted by atomic mass is 16.6. The zero-order valence-electron chi connectivity index (χ0n) is 16.9. The number of benzene rings is 2. The Labute approximate surface area is 178 Å². The van der Waals surface area contributed by atoms with Crippen molar-refractivity contribution in [1.82, 2.24) is 0 Å². The first-order valence-corrected chi connectivity index (χ1v) is 9.51. The third kappa shape index (κ3) is 8.54. The number of aliphatic hydroxyl groups excluding tert-OH is 1. The van der Waals surface area contributed by atoms with E-state index in [-0.39, 0.29) is 37.8 Å². The zero-order chi connectivity index (χ0) is 22.6. The fourth-order valence-corrected chi connectivity index (χ4v) is 2.40. The molecule has 1 N–H and O–H groups in total. The molecule has 0 heterocycles. The topological polar surface area (TPSA) is 143 Å². The SMILES string of the molecule is CCOCC(COc1ccc([N+](=O)[O-])cc1)OCC(O)COc1ccc([N+](=O)[O-])cc1. The van der Waals surface area contributed by atoms with Gasteiger partial charge in [-0.05, 0) is 31.2 Å². The molecular weight excluding hydrogens is 412 g/mol. The Kier molecular flexibility index (Phi) is 9.62. The summed E-state index contributed by atoms with van der Waals surface area (Å²) in [5, 5.41) is 31.4. The molecule has 2 aromatic carbocycles. The van der Waals surface area contributed by atoms with Gasteiger partial charge in [-0.25, -0.2) is 0 Å². The molecule has 0 saturated carbocycles. The molecule has 0 aliphatic rings. The summed E-state index contributed by atoms with van der Waals surface area (Å²) in [5.41, 5.74) is -0.0892. The maximum absolute atomic E-state index is 10.7. The van der Waals surface area contributed by atoms with Crippen molar-refractivity contribution in [2.45, 2.75) is 19.1 Å². The number of hydrogen-bond acceptors (Lipinski definition) is 9. The van der Waals surface area contributed by atoms with Gasteiger partial charge in [0.1, 0.15) is 36.9 Å². The molecule has 2 atom stereocenters. The van der Waals surface area contributed by atoms with Crippen LogP contribution in [0.5, 0.6) is 11.5 Å². The minimum absolute atomic E-state index is 0.0365. The molecule has 0 aliphatic carbocycles. The number of ether oxygens (including phenoxy) is 4. The molecule has 2 rings (SSSR count). The normalized spacial score (nSPS) is 12.7. The summed E-state index contributed by atoms with van der Waals surface area (Å²) in [6, 6.07) is 11.2. The number of rotatable bonds is 14. The molecule has 0 fully saturated rings. The second-order valence-electron chi connectivity index (χ2n) is 6.39. The van der Waals surface area contributed by atoms with Gasteiger partial charge in [0, 0.05) is 30.9 Å². The summed E-state index contributed by atoms with van der Waals surface area (Å²) in [6.07, 6.45) is -1.43. The van der Waals surface area contributed by atoms with Gasteiger partial charge in [0.2, 0.25) is 0 Å². The van der Waals surface area contributed by atoms with E-state index >= 15 is 0 Å². The van der Waals surface area contributed by atoms with Crippen molar-refractivity contribution in [3.63, 3.8) is 0 Å². The minimum Gasteiger partial charge on any atom is -0.491 e. The van der Waals surface area contributed by atoms with E-state index in [9.17, 15) is 25.3 Å². The molecule has 168 valence electrons. The van der Waals surface area contributed by atoms with Gasteiger partial charge in [-0.3, -0.25) is 20.2 Å². The summed E-state index contributed by atoms with van der Waals surface area (Å²) in [5.74, 6) is 0.828. The molecule has 0 spiro atoms.